The molecule has 0 aliphatic carbocycles. The van der Waals surface area contributed by atoms with Crippen LogP contribution in [-0.4, -0.2) is 22.8 Å². The second kappa shape index (κ2) is 3.96. The second-order valence-corrected chi connectivity index (χ2v) is 4.64. The lowest BCUT2D eigenvalue weighted by molar-refractivity contribution is -0.137. The fraction of sp³-hybridized carbons (Fsp3) is 0.385. The summed E-state index contributed by atoms with van der Waals surface area (Å²) in [6, 6.07) is 8.09. The lowest BCUT2D eigenvalue weighted by Crippen LogP contribution is -2.50. The maximum absolute atomic E-state index is 11.8. The maximum atomic E-state index is 11.8. The number of hydrogen-bond acceptors (Lipinski definition) is 3. The average molecular weight is 230 g/mol. The van der Waals surface area contributed by atoms with Gasteiger partial charge in [0.05, 0.1) is 6.04 Å². The fourth-order valence-electron chi connectivity index (χ4n) is 2.61. The van der Waals surface area contributed by atoms with Crippen molar-refractivity contribution in [2.75, 3.05) is 0 Å². The smallest absolute Gasteiger partial charge is 0.243 e. The van der Waals surface area contributed by atoms with E-state index in [-0.39, 0.29) is 17.9 Å². The summed E-state index contributed by atoms with van der Waals surface area (Å²) in [5.41, 5.74) is 2.58. The van der Waals surface area contributed by atoms with Crippen LogP contribution in [0.15, 0.2) is 24.3 Å². The first-order valence-corrected chi connectivity index (χ1v) is 5.88. The van der Waals surface area contributed by atoms with Gasteiger partial charge in [-0.2, -0.15) is 0 Å². The van der Waals surface area contributed by atoms with Crippen molar-refractivity contribution < 1.29 is 9.59 Å². The number of imide groups is 1. The van der Waals surface area contributed by atoms with E-state index in [1.54, 1.807) is 0 Å². The topological polar surface area (TPSA) is 49.4 Å². The van der Waals surface area contributed by atoms with Crippen LogP contribution in [0, 0.1) is 0 Å². The Hall–Kier alpha value is -1.68. The van der Waals surface area contributed by atoms with Crippen LogP contribution in [0.4, 0.5) is 0 Å². The van der Waals surface area contributed by atoms with E-state index in [1.165, 1.54) is 11.1 Å². The third-order valence-electron chi connectivity index (χ3n) is 3.52. The minimum atomic E-state index is -0.153. The summed E-state index contributed by atoms with van der Waals surface area (Å²) in [7, 11) is 0. The van der Waals surface area contributed by atoms with E-state index in [2.05, 4.69) is 22.3 Å². The number of fused-ring (bicyclic) bond motifs is 1. The van der Waals surface area contributed by atoms with E-state index in [0.717, 1.165) is 13.1 Å². The molecule has 1 atom stereocenters. The van der Waals surface area contributed by atoms with Gasteiger partial charge in [-0.1, -0.05) is 24.3 Å². The Bertz CT molecular complexity index is 459. The first kappa shape index (κ1) is 10.5. The molecule has 1 N–H and O–H groups in total. The Morgan fingerprint density at radius 3 is 2.35 bits per heavy atom. The van der Waals surface area contributed by atoms with Gasteiger partial charge in [0.15, 0.2) is 0 Å². The van der Waals surface area contributed by atoms with Crippen molar-refractivity contribution in [1.82, 2.24) is 10.2 Å². The molecule has 4 heteroatoms. The molecule has 17 heavy (non-hydrogen) atoms. The predicted molar refractivity (Wildman–Crippen MR) is 61.9 cm³/mol. The number of nitrogens with zero attached hydrogens (tertiary/aromatic N) is 1. The van der Waals surface area contributed by atoms with Crippen molar-refractivity contribution in [2.24, 2.45) is 0 Å². The van der Waals surface area contributed by atoms with Crippen molar-refractivity contribution >= 4 is 11.8 Å². The Balaban J connectivity index is 1.76. The first-order chi connectivity index (χ1) is 8.24. The van der Waals surface area contributed by atoms with Crippen LogP contribution in [0.2, 0.25) is 0 Å². The zero-order valence-electron chi connectivity index (χ0n) is 9.48. The highest BCUT2D eigenvalue weighted by atomic mass is 16.2. The molecule has 4 nitrogen and oxygen atoms in total. The minimum Gasteiger partial charge on any atom is -0.295 e. The molecule has 0 saturated carbocycles. The van der Waals surface area contributed by atoms with Gasteiger partial charge in [0.25, 0.3) is 0 Å². The van der Waals surface area contributed by atoms with Gasteiger partial charge < -0.3 is 0 Å². The van der Waals surface area contributed by atoms with Crippen molar-refractivity contribution in [3.05, 3.63) is 35.4 Å². The average Bonchev–Trinajstić information content (AvgIpc) is 2.72. The summed E-state index contributed by atoms with van der Waals surface area (Å²) in [5.74, 6) is -0.294. The number of amides is 2. The molecular formula is C13H14N2O2. The summed E-state index contributed by atoms with van der Waals surface area (Å²) in [5, 5.41) is 2.41. The van der Waals surface area contributed by atoms with Gasteiger partial charge in [0.2, 0.25) is 11.8 Å². The zero-order valence-corrected chi connectivity index (χ0v) is 9.48. The lowest BCUT2D eigenvalue weighted by atomic mass is 10.0. The van der Waals surface area contributed by atoms with Crippen LogP contribution in [-0.2, 0) is 22.7 Å². The largest absolute Gasteiger partial charge is 0.295 e. The van der Waals surface area contributed by atoms with E-state index < -0.39 is 0 Å². The molecule has 0 unspecified atom stereocenters. The number of benzene rings is 1. The molecule has 1 aromatic carbocycles. The number of hydrogen-bond donors (Lipinski definition) is 1. The molecule has 2 heterocycles. The molecule has 0 radical (unpaired) electrons. The molecule has 88 valence electrons. The monoisotopic (exact) mass is 230 g/mol. The summed E-state index contributed by atoms with van der Waals surface area (Å²) >= 11 is 0. The van der Waals surface area contributed by atoms with Crippen LogP contribution >= 0.6 is 0 Å². The van der Waals surface area contributed by atoms with Crippen LogP contribution in [0.1, 0.15) is 24.0 Å². The van der Waals surface area contributed by atoms with Crippen LogP contribution in [0.25, 0.3) is 0 Å². The molecule has 0 spiro atoms. The van der Waals surface area contributed by atoms with E-state index >= 15 is 0 Å². The number of nitrogens with one attached hydrogen (secondary N) is 1. The van der Waals surface area contributed by atoms with Crippen molar-refractivity contribution in [2.45, 2.75) is 32.0 Å². The minimum absolute atomic E-state index is 0.144. The normalized spacial score (nSPS) is 24.6. The molecule has 3 rings (SSSR count). The first-order valence-electron chi connectivity index (χ1n) is 5.88. The summed E-state index contributed by atoms with van der Waals surface area (Å²) in [6.07, 6.45) is 1.09. The summed E-state index contributed by atoms with van der Waals surface area (Å²) in [6.45, 7) is 1.62. The van der Waals surface area contributed by atoms with E-state index in [4.69, 9.17) is 0 Å². The zero-order chi connectivity index (χ0) is 11.8. The van der Waals surface area contributed by atoms with Crippen LogP contribution in [0.5, 0.6) is 0 Å². The Morgan fingerprint density at radius 1 is 1.12 bits per heavy atom. The van der Waals surface area contributed by atoms with Gasteiger partial charge in [-0.05, 0) is 17.5 Å². The molecule has 2 aliphatic heterocycles. The quantitative estimate of drug-likeness (QED) is 0.726. The van der Waals surface area contributed by atoms with Gasteiger partial charge in [-0.25, -0.2) is 0 Å². The Kier molecular flexibility index (Phi) is 2.44. The molecular weight excluding hydrogens is 216 g/mol. The molecule has 0 aromatic heterocycles. The van der Waals surface area contributed by atoms with Crippen molar-refractivity contribution in [3.8, 4) is 0 Å². The highest BCUT2D eigenvalue weighted by Crippen LogP contribution is 2.26. The van der Waals surface area contributed by atoms with Gasteiger partial charge >= 0.3 is 0 Å². The van der Waals surface area contributed by atoms with Gasteiger partial charge in [-0.3, -0.25) is 19.8 Å². The third kappa shape index (κ3) is 1.85. The summed E-state index contributed by atoms with van der Waals surface area (Å²) < 4.78 is 0. The molecule has 1 aromatic rings. The fourth-order valence-corrected chi connectivity index (χ4v) is 2.61. The van der Waals surface area contributed by atoms with E-state index in [9.17, 15) is 9.59 Å². The van der Waals surface area contributed by atoms with Crippen LogP contribution in [0.3, 0.4) is 0 Å². The van der Waals surface area contributed by atoms with Crippen LogP contribution < -0.4 is 5.32 Å². The van der Waals surface area contributed by atoms with Gasteiger partial charge in [0, 0.05) is 19.5 Å². The molecule has 1 saturated heterocycles. The SMILES string of the molecule is O=C1CC[C@H](N2Cc3ccccc3C2)C(=O)N1. The molecule has 1 fully saturated rings. The number of carbonyl (C=O) groups is 2. The van der Waals surface area contributed by atoms with Crippen molar-refractivity contribution in [1.29, 1.82) is 0 Å². The number of carbonyl (C=O) groups excluding carboxylic acids is 2. The standard InChI is InChI=1S/C13H14N2O2/c16-12-6-5-11(13(17)14-12)15-7-9-3-1-2-4-10(9)8-15/h1-4,11H,5-8H2,(H,14,16,17)/t11-/m0/s1. The van der Waals surface area contributed by atoms with Crippen molar-refractivity contribution in [3.63, 3.8) is 0 Å². The molecule has 2 aliphatic rings. The highest BCUT2D eigenvalue weighted by molar-refractivity contribution is 6.00. The maximum Gasteiger partial charge on any atom is 0.243 e. The van der Waals surface area contributed by atoms with Gasteiger partial charge in [-0.15, -0.1) is 0 Å². The second-order valence-electron chi connectivity index (χ2n) is 4.64. The third-order valence-corrected chi connectivity index (χ3v) is 3.52. The molecule has 0 bridgehead atoms. The molecule has 2 amide bonds. The highest BCUT2D eigenvalue weighted by Gasteiger charge is 2.34. The Morgan fingerprint density at radius 2 is 1.76 bits per heavy atom. The lowest BCUT2D eigenvalue weighted by Gasteiger charge is -2.29. The van der Waals surface area contributed by atoms with E-state index in [0.29, 0.717) is 12.8 Å². The Labute approximate surface area is 99.6 Å². The summed E-state index contributed by atoms with van der Waals surface area (Å²) in [4.78, 5) is 25.0. The predicted octanol–water partition coefficient (Wildman–Crippen LogP) is 0.807. The number of piperidine rings is 1. The van der Waals surface area contributed by atoms with Gasteiger partial charge in [0.1, 0.15) is 0 Å². The number of rotatable bonds is 1. The van der Waals surface area contributed by atoms with E-state index in [1.807, 2.05) is 12.1 Å².